The number of nitrogens with zero attached hydrogens (tertiary/aromatic N) is 1. The summed E-state index contributed by atoms with van der Waals surface area (Å²) in [5, 5.41) is 2.95. The molecule has 1 N–H and O–H groups in total. The van der Waals surface area contributed by atoms with Gasteiger partial charge in [0.2, 0.25) is 11.8 Å². The second kappa shape index (κ2) is 6.94. The lowest BCUT2D eigenvalue weighted by Crippen LogP contribution is -2.33. The van der Waals surface area contributed by atoms with Gasteiger partial charge in [-0.3, -0.25) is 14.4 Å². The van der Waals surface area contributed by atoms with Crippen molar-refractivity contribution >= 4 is 29.1 Å². The maximum Gasteiger partial charge on any atom is 0.255 e. The van der Waals surface area contributed by atoms with Crippen molar-refractivity contribution in [2.24, 2.45) is 23.7 Å². The average Bonchev–Trinajstić information content (AvgIpc) is 3.39. The van der Waals surface area contributed by atoms with E-state index in [0.29, 0.717) is 11.3 Å². The zero-order valence-electron chi connectivity index (χ0n) is 17.1. The normalized spacial score (nSPS) is 26.7. The number of fused-ring (bicyclic) bond motifs is 5. The number of amides is 3. The third kappa shape index (κ3) is 2.72. The SMILES string of the molecule is CCc1ccccc1NC(=O)c1cccc(N2C(=O)[C@@H]3[C@@H](C2=O)[C@@H]2C[C@H]3C=C2C)c1. The van der Waals surface area contributed by atoms with Crippen molar-refractivity contribution in [3.8, 4) is 0 Å². The molecule has 0 radical (unpaired) electrons. The molecule has 1 saturated heterocycles. The molecule has 2 fully saturated rings. The molecule has 5 nitrogen and oxygen atoms in total. The molecule has 5 rings (SSSR count). The summed E-state index contributed by atoms with van der Waals surface area (Å²) >= 11 is 0. The number of anilines is 2. The average molecular weight is 400 g/mol. The second-order valence-corrected chi connectivity index (χ2v) is 8.50. The monoisotopic (exact) mass is 400 g/mol. The lowest BCUT2D eigenvalue weighted by atomic mass is 9.82. The van der Waals surface area contributed by atoms with Gasteiger partial charge >= 0.3 is 0 Å². The van der Waals surface area contributed by atoms with Gasteiger partial charge in [0.1, 0.15) is 0 Å². The first-order chi connectivity index (χ1) is 14.5. The van der Waals surface area contributed by atoms with E-state index >= 15 is 0 Å². The zero-order chi connectivity index (χ0) is 21.0. The van der Waals surface area contributed by atoms with Gasteiger partial charge in [-0.2, -0.15) is 0 Å². The molecular formula is C25H24N2O3. The molecule has 2 bridgehead atoms. The summed E-state index contributed by atoms with van der Waals surface area (Å²) < 4.78 is 0. The van der Waals surface area contributed by atoms with Gasteiger partial charge in [0.15, 0.2) is 0 Å². The molecule has 0 spiro atoms. The fraction of sp³-hybridized carbons (Fsp3) is 0.320. The van der Waals surface area contributed by atoms with E-state index in [1.807, 2.05) is 31.2 Å². The van der Waals surface area contributed by atoms with Crippen molar-refractivity contribution in [3.63, 3.8) is 0 Å². The van der Waals surface area contributed by atoms with E-state index in [9.17, 15) is 14.4 Å². The van der Waals surface area contributed by atoms with Crippen LogP contribution in [0.3, 0.4) is 0 Å². The number of allylic oxidation sites excluding steroid dienone is 2. The topological polar surface area (TPSA) is 66.5 Å². The third-order valence-corrected chi connectivity index (χ3v) is 6.89. The molecule has 1 saturated carbocycles. The van der Waals surface area contributed by atoms with Crippen LogP contribution in [0.2, 0.25) is 0 Å². The van der Waals surface area contributed by atoms with E-state index in [0.717, 1.165) is 24.1 Å². The van der Waals surface area contributed by atoms with Crippen LogP contribution in [0.15, 0.2) is 60.2 Å². The summed E-state index contributed by atoms with van der Waals surface area (Å²) in [4.78, 5) is 40.5. The number of para-hydroxylation sites is 1. The van der Waals surface area contributed by atoms with Crippen molar-refractivity contribution in [2.75, 3.05) is 10.2 Å². The van der Waals surface area contributed by atoms with E-state index in [1.54, 1.807) is 24.3 Å². The lowest BCUT2D eigenvalue weighted by Gasteiger charge is -2.19. The number of rotatable bonds is 4. The first-order valence-electron chi connectivity index (χ1n) is 10.5. The quantitative estimate of drug-likeness (QED) is 0.618. The fourth-order valence-corrected chi connectivity index (χ4v) is 5.46. The van der Waals surface area contributed by atoms with Crippen LogP contribution in [0.4, 0.5) is 11.4 Å². The maximum absolute atomic E-state index is 13.2. The van der Waals surface area contributed by atoms with Crippen molar-refractivity contribution in [1.29, 1.82) is 0 Å². The summed E-state index contributed by atoms with van der Waals surface area (Å²) in [6.07, 6.45) is 3.88. The molecule has 0 aromatic heterocycles. The molecule has 2 aliphatic carbocycles. The summed E-state index contributed by atoms with van der Waals surface area (Å²) in [5.74, 6) is -0.665. The highest BCUT2D eigenvalue weighted by Gasteiger charge is 2.60. The van der Waals surface area contributed by atoms with Crippen LogP contribution in [0, 0.1) is 23.7 Å². The van der Waals surface area contributed by atoms with Crippen molar-refractivity contribution < 1.29 is 14.4 Å². The van der Waals surface area contributed by atoms with Crippen LogP contribution in [-0.4, -0.2) is 17.7 Å². The van der Waals surface area contributed by atoms with E-state index < -0.39 is 0 Å². The highest BCUT2D eigenvalue weighted by molar-refractivity contribution is 6.23. The molecule has 1 aliphatic heterocycles. The van der Waals surface area contributed by atoms with Crippen LogP contribution in [-0.2, 0) is 16.0 Å². The Morgan fingerprint density at radius 3 is 2.63 bits per heavy atom. The molecule has 5 heteroatoms. The van der Waals surface area contributed by atoms with E-state index in [1.165, 1.54) is 10.5 Å². The Morgan fingerprint density at radius 2 is 1.83 bits per heavy atom. The smallest absolute Gasteiger partial charge is 0.255 e. The molecule has 1 heterocycles. The number of nitrogens with one attached hydrogen (secondary N) is 1. The number of hydrogen-bond acceptors (Lipinski definition) is 3. The van der Waals surface area contributed by atoms with E-state index in [-0.39, 0.29) is 41.4 Å². The Balaban J connectivity index is 1.41. The molecular weight excluding hydrogens is 376 g/mol. The molecule has 0 unspecified atom stereocenters. The number of aryl methyl sites for hydroxylation is 1. The number of carbonyl (C=O) groups excluding carboxylic acids is 3. The van der Waals surface area contributed by atoms with Gasteiger partial charge in [-0.1, -0.05) is 42.8 Å². The van der Waals surface area contributed by atoms with Crippen molar-refractivity contribution in [3.05, 3.63) is 71.3 Å². The van der Waals surface area contributed by atoms with E-state index in [2.05, 4.69) is 18.3 Å². The van der Waals surface area contributed by atoms with Crippen molar-refractivity contribution in [2.45, 2.75) is 26.7 Å². The number of carbonyl (C=O) groups is 3. The number of imide groups is 1. The van der Waals surface area contributed by atoms with Gasteiger partial charge in [-0.25, -0.2) is 4.90 Å². The van der Waals surface area contributed by atoms with Gasteiger partial charge in [0, 0.05) is 11.3 Å². The standard InChI is InChI=1S/C25H24N2O3/c1-3-15-7-4-5-10-20(15)26-23(28)16-8-6-9-18(12-16)27-24(29)21-17-11-14(2)19(13-17)22(21)25(27)30/h4-12,17,19,21-22H,3,13H2,1-2H3,(H,26,28)/t17-,19-,21+,22+/m1/s1. The predicted molar refractivity (Wildman–Crippen MR) is 115 cm³/mol. The minimum atomic E-state index is -0.255. The van der Waals surface area contributed by atoms with Crippen LogP contribution >= 0.6 is 0 Å². The fourth-order valence-electron chi connectivity index (χ4n) is 5.46. The highest BCUT2D eigenvalue weighted by atomic mass is 16.2. The summed E-state index contributed by atoms with van der Waals surface area (Å²) in [6.45, 7) is 4.09. The Labute approximate surface area is 175 Å². The van der Waals surface area contributed by atoms with Gasteiger partial charge in [0.25, 0.3) is 5.91 Å². The predicted octanol–water partition coefficient (Wildman–Crippen LogP) is 4.20. The molecule has 3 amide bonds. The minimum absolute atomic E-state index is 0.126. The van der Waals surface area contributed by atoms with Crippen LogP contribution in [0.5, 0.6) is 0 Å². The number of hydrogen-bond donors (Lipinski definition) is 1. The Kier molecular flexibility index (Phi) is 4.35. The maximum atomic E-state index is 13.2. The molecule has 30 heavy (non-hydrogen) atoms. The summed E-state index contributed by atoms with van der Waals surface area (Å²) in [5.41, 5.74) is 3.96. The second-order valence-electron chi connectivity index (χ2n) is 8.50. The van der Waals surface area contributed by atoms with Crippen LogP contribution in [0.25, 0.3) is 0 Å². The minimum Gasteiger partial charge on any atom is -0.322 e. The highest BCUT2D eigenvalue weighted by Crippen LogP contribution is 2.55. The number of benzene rings is 2. The summed E-state index contributed by atoms with van der Waals surface area (Å²) in [6, 6.07) is 14.5. The van der Waals surface area contributed by atoms with Crippen LogP contribution in [0.1, 0.15) is 36.2 Å². The van der Waals surface area contributed by atoms with Gasteiger partial charge in [0.05, 0.1) is 17.5 Å². The molecule has 4 atom stereocenters. The zero-order valence-corrected chi connectivity index (χ0v) is 17.1. The Hall–Kier alpha value is -3.21. The van der Waals surface area contributed by atoms with Gasteiger partial charge < -0.3 is 5.32 Å². The molecule has 3 aliphatic rings. The lowest BCUT2D eigenvalue weighted by molar-refractivity contribution is -0.123. The van der Waals surface area contributed by atoms with E-state index in [4.69, 9.17) is 0 Å². The molecule has 2 aromatic carbocycles. The summed E-state index contributed by atoms with van der Waals surface area (Å²) in [7, 11) is 0. The third-order valence-electron chi connectivity index (χ3n) is 6.89. The van der Waals surface area contributed by atoms with Gasteiger partial charge in [-0.15, -0.1) is 0 Å². The first-order valence-corrected chi connectivity index (χ1v) is 10.5. The Morgan fingerprint density at radius 1 is 1.07 bits per heavy atom. The molecule has 152 valence electrons. The van der Waals surface area contributed by atoms with Crippen LogP contribution < -0.4 is 10.2 Å². The van der Waals surface area contributed by atoms with Gasteiger partial charge in [-0.05, 0) is 61.4 Å². The Bertz CT molecular complexity index is 1100. The first kappa shape index (κ1) is 18.8. The van der Waals surface area contributed by atoms with Crippen molar-refractivity contribution in [1.82, 2.24) is 0 Å². The molecule has 2 aromatic rings. The largest absolute Gasteiger partial charge is 0.322 e.